The highest BCUT2D eigenvalue weighted by molar-refractivity contribution is 7.80. The molecule has 0 radical (unpaired) electrons. The van der Waals surface area contributed by atoms with E-state index in [2.05, 4.69) is 0 Å². The van der Waals surface area contributed by atoms with Crippen molar-refractivity contribution in [2.45, 2.75) is 44.4 Å². The molecule has 6 atom stereocenters. The molecule has 1 saturated heterocycles. The first-order chi connectivity index (χ1) is 31.9. The Morgan fingerprint density at radius 2 is 0.955 bits per heavy atom. The highest BCUT2D eigenvalue weighted by atomic mass is 31.3. The van der Waals surface area contributed by atoms with E-state index >= 15 is 4.57 Å². The monoisotopic (exact) mass is 955 g/mol. The highest BCUT2D eigenvalue weighted by Crippen LogP contribution is 2.70. The second-order valence-electron chi connectivity index (χ2n) is 15.1. The summed E-state index contributed by atoms with van der Waals surface area (Å²) < 4.78 is 94.0. The van der Waals surface area contributed by atoms with Gasteiger partial charge in [-0.2, -0.15) is 0 Å². The van der Waals surface area contributed by atoms with Crippen molar-refractivity contribution in [1.82, 2.24) is 4.57 Å². The number of carbonyl (C=O) groups excluding carboxylic acids is 2. The van der Waals surface area contributed by atoms with Gasteiger partial charge in [0.25, 0.3) is 5.56 Å². The van der Waals surface area contributed by atoms with Crippen molar-refractivity contribution in [2.24, 2.45) is 0 Å². The van der Waals surface area contributed by atoms with Crippen LogP contribution in [0.2, 0.25) is 0 Å². The first-order valence-electron chi connectivity index (χ1n) is 20.8. The molecule has 1 aromatic heterocycles. The number of pyridine rings is 1. The van der Waals surface area contributed by atoms with Gasteiger partial charge in [0.05, 0.1) is 37.6 Å². The predicted octanol–water partition coefficient (Wildman–Crippen LogP) is 10.1. The van der Waals surface area contributed by atoms with Gasteiger partial charge in [-0.25, -0.2) is 9.59 Å². The number of hydrogen-bond donors (Lipinski definition) is 0. The summed E-state index contributed by atoms with van der Waals surface area (Å²) >= 11 is 0. The fraction of sp³-hybridized carbons (Fsp3) is 0.229. The van der Waals surface area contributed by atoms with Gasteiger partial charge >= 0.3 is 27.1 Å². The van der Waals surface area contributed by atoms with Crippen LogP contribution in [0.1, 0.15) is 43.6 Å². The zero-order valence-electron chi connectivity index (χ0n) is 35.8. The van der Waals surface area contributed by atoms with Gasteiger partial charge in [-0.15, -0.1) is 0 Å². The van der Waals surface area contributed by atoms with E-state index in [9.17, 15) is 23.5 Å². The second-order valence-corrected chi connectivity index (χ2v) is 22.8. The van der Waals surface area contributed by atoms with Gasteiger partial charge < -0.3 is 36.8 Å². The number of rotatable bonds is 22. The topological polar surface area (TPSA) is 181 Å². The van der Waals surface area contributed by atoms with E-state index in [4.69, 9.17) is 36.8 Å². The zero-order valence-corrected chi connectivity index (χ0v) is 38.5. The first kappa shape index (κ1) is 48.4. The molecule has 0 N–H and O–H groups in total. The number of nitrogens with zero attached hydrogens (tertiary/aromatic N) is 1. The van der Waals surface area contributed by atoms with Crippen LogP contribution >= 0.6 is 22.6 Å². The molecule has 1 aliphatic rings. The van der Waals surface area contributed by atoms with E-state index < -0.39 is 83.0 Å². The Bertz CT molecular complexity index is 2660. The summed E-state index contributed by atoms with van der Waals surface area (Å²) in [6, 6.07) is 47.0. The highest BCUT2D eigenvalue weighted by Gasteiger charge is 2.52. The van der Waals surface area contributed by atoms with Crippen LogP contribution < -0.4 is 5.56 Å². The molecular formula is C48H48NO14P3. The number of aromatic nitrogens is 1. The van der Waals surface area contributed by atoms with Crippen LogP contribution in [0.5, 0.6) is 0 Å². The van der Waals surface area contributed by atoms with Crippen molar-refractivity contribution in [1.29, 1.82) is 0 Å². The van der Waals surface area contributed by atoms with Crippen LogP contribution in [-0.4, -0.2) is 60.3 Å². The summed E-state index contributed by atoms with van der Waals surface area (Å²) in [7, 11) is -12.3. The van der Waals surface area contributed by atoms with Crippen LogP contribution in [0.4, 0.5) is 0 Å². The standard InChI is InChI=1S/C48H48NO14P3/c1-56-65(54,35-64(53,57-31-37-19-7-2-8-20-37)36-66(55,58-32-38-21-9-3-10-22-38)59-33-39-23-11-4-12-24-39)60-34-42-44(62-47(51)40-25-13-5-14-26-40)45(63-48(52)41-27-15-6-16-28-41)46(61-42)49-30-18-17-29-43(49)50/h2-30,42,44-46H,31-36H2,1H3/t42-,44-,45-,46-,64?,65?/m1/s1. The Balaban J connectivity index is 1.19. The fourth-order valence-corrected chi connectivity index (χ4v) is 16.0. The van der Waals surface area contributed by atoms with Crippen LogP contribution in [-0.2, 0) is 70.3 Å². The first-order valence-corrected chi connectivity index (χ1v) is 26.3. The van der Waals surface area contributed by atoms with Crippen molar-refractivity contribution in [2.75, 3.05) is 25.5 Å². The molecule has 0 bridgehead atoms. The molecule has 1 fully saturated rings. The van der Waals surface area contributed by atoms with Crippen molar-refractivity contribution in [3.63, 3.8) is 0 Å². The lowest BCUT2D eigenvalue weighted by Gasteiger charge is -2.28. The molecule has 2 heterocycles. The Morgan fingerprint density at radius 3 is 1.42 bits per heavy atom. The van der Waals surface area contributed by atoms with E-state index in [0.29, 0.717) is 16.7 Å². The molecule has 2 unspecified atom stereocenters. The summed E-state index contributed by atoms with van der Waals surface area (Å²) in [6.07, 6.45) is -4.30. The molecule has 0 amide bonds. The second kappa shape index (κ2) is 22.8. The van der Waals surface area contributed by atoms with E-state index in [1.165, 1.54) is 42.6 Å². The molecule has 0 aliphatic carbocycles. The Kier molecular flexibility index (Phi) is 16.7. The van der Waals surface area contributed by atoms with Crippen molar-refractivity contribution in [3.05, 3.63) is 214 Å². The van der Waals surface area contributed by atoms with E-state index in [1.54, 1.807) is 121 Å². The van der Waals surface area contributed by atoms with Crippen molar-refractivity contribution in [3.8, 4) is 0 Å². The van der Waals surface area contributed by atoms with Gasteiger partial charge in [0.1, 0.15) is 17.9 Å². The lowest BCUT2D eigenvalue weighted by atomic mass is 10.1. The minimum Gasteiger partial charge on any atom is -0.452 e. The van der Waals surface area contributed by atoms with E-state index in [-0.39, 0.29) is 30.9 Å². The molecule has 5 aromatic carbocycles. The lowest BCUT2D eigenvalue weighted by molar-refractivity contribution is -0.0581. The Labute approximate surface area is 382 Å². The Morgan fingerprint density at radius 1 is 0.530 bits per heavy atom. The number of hydrogen-bond acceptors (Lipinski definition) is 14. The molecular weight excluding hydrogens is 907 g/mol. The molecule has 0 spiro atoms. The molecule has 344 valence electrons. The maximum absolute atomic E-state index is 15.3. The van der Waals surface area contributed by atoms with Gasteiger partial charge in [0.15, 0.2) is 18.4 Å². The summed E-state index contributed by atoms with van der Waals surface area (Å²) in [4.78, 5) is 40.6. The fourth-order valence-electron chi connectivity index (χ4n) is 6.89. The van der Waals surface area contributed by atoms with Crippen LogP contribution in [0.15, 0.2) is 181 Å². The molecule has 0 saturated carbocycles. The third-order valence-corrected chi connectivity index (χ3v) is 19.2. The van der Waals surface area contributed by atoms with Crippen molar-refractivity contribution < 1.29 is 60.1 Å². The minimum atomic E-state index is -4.57. The van der Waals surface area contributed by atoms with Crippen LogP contribution in [0, 0.1) is 0 Å². The number of benzene rings is 5. The smallest absolute Gasteiger partial charge is 0.340 e. The van der Waals surface area contributed by atoms with Gasteiger partial charge in [-0.1, -0.05) is 133 Å². The largest absolute Gasteiger partial charge is 0.452 e. The normalized spacial score (nSPS) is 19.0. The molecule has 18 heteroatoms. The molecule has 7 rings (SSSR count). The van der Waals surface area contributed by atoms with Gasteiger partial charge in [0.2, 0.25) is 7.37 Å². The zero-order chi connectivity index (χ0) is 46.4. The molecule has 66 heavy (non-hydrogen) atoms. The minimum absolute atomic E-state index is 0.151. The third-order valence-electron chi connectivity index (χ3n) is 10.3. The summed E-state index contributed by atoms with van der Waals surface area (Å²) in [5.41, 5.74) is 1.71. The maximum Gasteiger partial charge on any atom is 0.340 e. The molecule has 15 nitrogen and oxygen atoms in total. The van der Waals surface area contributed by atoms with Crippen molar-refractivity contribution >= 4 is 34.5 Å². The van der Waals surface area contributed by atoms with Crippen LogP contribution in [0.25, 0.3) is 0 Å². The van der Waals surface area contributed by atoms with Gasteiger partial charge in [0, 0.05) is 19.4 Å². The molecule has 1 aliphatic heterocycles. The third kappa shape index (κ3) is 13.3. The van der Waals surface area contributed by atoms with Gasteiger partial charge in [-0.3, -0.25) is 23.1 Å². The van der Waals surface area contributed by atoms with Crippen LogP contribution in [0.3, 0.4) is 0 Å². The number of carbonyl (C=O) groups is 2. The summed E-state index contributed by atoms with van der Waals surface area (Å²) in [6.45, 7) is -1.27. The number of esters is 2. The Hall–Kier alpha value is -5.56. The lowest BCUT2D eigenvalue weighted by Crippen LogP contribution is -2.42. The van der Waals surface area contributed by atoms with E-state index in [0.717, 1.165) is 11.7 Å². The quantitative estimate of drug-likeness (QED) is 0.0463. The average Bonchev–Trinajstić information content (AvgIpc) is 3.68. The predicted molar refractivity (Wildman–Crippen MR) is 245 cm³/mol. The van der Waals surface area contributed by atoms with E-state index in [1.807, 2.05) is 12.1 Å². The van der Waals surface area contributed by atoms with Gasteiger partial charge in [-0.05, 0) is 47.0 Å². The maximum atomic E-state index is 15.3. The summed E-state index contributed by atoms with van der Waals surface area (Å²) in [5.74, 6) is -3.37. The number of ether oxygens (including phenoxy) is 3. The SMILES string of the molecule is COP(=O)(CP(=O)(CP(=O)(OCc1ccccc1)OCc1ccccc1)OCc1ccccc1)OC[C@H]1O[C@@H](n2ccccc2=O)[C@H](OC(=O)c2ccccc2)[C@@H]1OC(=O)c1ccccc1. The average molecular weight is 956 g/mol. The molecule has 6 aromatic rings. The summed E-state index contributed by atoms with van der Waals surface area (Å²) in [5, 5.41) is 0.